The molecule has 2 N–H and O–H groups in total. The van der Waals surface area contributed by atoms with Crippen LogP contribution in [0.5, 0.6) is 0 Å². The molecule has 0 spiro atoms. The highest BCUT2D eigenvalue weighted by Gasteiger charge is 2.39. The van der Waals surface area contributed by atoms with E-state index >= 15 is 0 Å². The summed E-state index contributed by atoms with van der Waals surface area (Å²) in [5, 5.41) is 7.31. The summed E-state index contributed by atoms with van der Waals surface area (Å²) < 4.78 is 0. The zero-order chi connectivity index (χ0) is 16.4. The lowest BCUT2D eigenvalue weighted by Gasteiger charge is -2.37. The van der Waals surface area contributed by atoms with Crippen molar-refractivity contribution in [1.82, 2.24) is 20.4 Å². The van der Waals surface area contributed by atoms with E-state index in [1.807, 2.05) is 7.05 Å². The second-order valence-corrected chi connectivity index (χ2v) is 8.16. The maximum atomic E-state index is 4.48. The topological polar surface area (TPSA) is 42.9 Å². The molecular formula is C18H35N5. The van der Waals surface area contributed by atoms with Crippen LogP contribution in [0.4, 0.5) is 0 Å². The van der Waals surface area contributed by atoms with Gasteiger partial charge in [-0.1, -0.05) is 19.8 Å². The average Bonchev–Trinajstić information content (AvgIpc) is 3.15. The van der Waals surface area contributed by atoms with E-state index in [-0.39, 0.29) is 0 Å². The molecule has 1 heterocycles. The van der Waals surface area contributed by atoms with Gasteiger partial charge in [0.15, 0.2) is 5.96 Å². The predicted octanol–water partition coefficient (Wildman–Crippen LogP) is 1.51. The Kier molecular flexibility index (Phi) is 5.16. The summed E-state index contributed by atoms with van der Waals surface area (Å²) in [6.07, 6.45) is 8.08. The van der Waals surface area contributed by atoms with Crippen LogP contribution in [0.1, 0.15) is 45.4 Å². The van der Waals surface area contributed by atoms with Crippen molar-refractivity contribution in [2.75, 3.05) is 40.8 Å². The van der Waals surface area contributed by atoms with Crippen molar-refractivity contribution in [3.8, 4) is 0 Å². The number of nitrogens with one attached hydrogen (secondary N) is 2. The average molecular weight is 322 g/mol. The molecule has 3 fully saturated rings. The van der Waals surface area contributed by atoms with E-state index in [4.69, 9.17) is 0 Å². The van der Waals surface area contributed by atoms with E-state index in [0.717, 1.165) is 18.5 Å². The number of hydrogen-bond donors (Lipinski definition) is 2. The van der Waals surface area contributed by atoms with Gasteiger partial charge in [-0.3, -0.25) is 9.89 Å². The van der Waals surface area contributed by atoms with Gasteiger partial charge in [0.05, 0.1) is 0 Å². The van der Waals surface area contributed by atoms with Crippen molar-refractivity contribution >= 4 is 5.96 Å². The summed E-state index contributed by atoms with van der Waals surface area (Å²) in [6, 6.07) is 1.40. The van der Waals surface area contributed by atoms with Crippen LogP contribution in [0.3, 0.4) is 0 Å². The molecule has 2 unspecified atom stereocenters. The van der Waals surface area contributed by atoms with Crippen molar-refractivity contribution in [3.05, 3.63) is 0 Å². The number of rotatable bonds is 5. The highest BCUT2D eigenvalue weighted by molar-refractivity contribution is 5.80. The van der Waals surface area contributed by atoms with Gasteiger partial charge in [0.25, 0.3) is 0 Å². The van der Waals surface area contributed by atoms with Gasteiger partial charge in [0, 0.05) is 44.3 Å². The van der Waals surface area contributed by atoms with E-state index in [2.05, 4.69) is 46.4 Å². The minimum Gasteiger partial charge on any atom is -0.355 e. The highest BCUT2D eigenvalue weighted by Crippen LogP contribution is 2.33. The monoisotopic (exact) mass is 321 g/mol. The Morgan fingerprint density at radius 1 is 1.22 bits per heavy atom. The van der Waals surface area contributed by atoms with Crippen molar-refractivity contribution in [1.29, 1.82) is 0 Å². The molecule has 23 heavy (non-hydrogen) atoms. The molecule has 2 aliphatic carbocycles. The number of aliphatic imine (C=N–C) groups is 1. The normalized spacial score (nSPS) is 31.8. The van der Waals surface area contributed by atoms with Crippen LogP contribution in [0.15, 0.2) is 4.99 Å². The van der Waals surface area contributed by atoms with Crippen molar-refractivity contribution in [3.63, 3.8) is 0 Å². The smallest absolute Gasteiger partial charge is 0.191 e. The first-order chi connectivity index (χ1) is 11.0. The molecule has 0 radical (unpaired) electrons. The molecule has 2 atom stereocenters. The SMILES string of the molecule is CN=C(NCC1(N(C)C)CCCC1)NC1CN(C2CC2)CC1C. The molecule has 2 saturated carbocycles. The molecule has 0 bridgehead atoms. The molecule has 132 valence electrons. The summed E-state index contributed by atoms with van der Waals surface area (Å²) in [5.74, 6) is 1.68. The number of likely N-dealkylation sites (N-methyl/N-ethyl adjacent to an activating group) is 1. The standard InChI is InChI=1S/C18H35N5/c1-14-11-23(15-7-8-15)12-16(14)21-17(19-2)20-13-18(22(3)4)9-5-6-10-18/h14-16H,5-13H2,1-4H3,(H2,19,20,21). The first-order valence-electron chi connectivity index (χ1n) is 9.43. The van der Waals surface area contributed by atoms with E-state index < -0.39 is 0 Å². The zero-order valence-corrected chi connectivity index (χ0v) is 15.4. The number of hydrogen-bond acceptors (Lipinski definition) is 3. The Labute approximate surface area is 141 Å². The second-order valence-electron chi connectivity index (χ2n) is 8.16. The summed E-state index contributed by atoms with van der Waals surface area (Å²) in [6.45, 7) is 5.77. The van der Waals surface area contributed by atoms with Gasteiger partial charge in [0.2, 0.25) is 0 Å². The van der Waals surface area contributed by atoms with Gasteiger partial charge in [-0.2, -0.15) is 0 Å². The number of nitrogens with zero attached hydrogens (tertiary/aromatic N) is 3. The van der Waals surface area contributed by atoms with Crippen LogP contribution in [0, 0.1) is 5.92 Å². The Hall–Kier alpha value is -0.810. The van der Waals surface area contributed by atoms with E-state index in [9.17, 15) is 0 Å². The molecule has 1 aliphatic heterocycles. The van der Waals surface area contributed by atoms with Gasteiger partial charge in [-0.25, -0.2) is 0 Å². The fraction of sp³-hybridized carbons (Fsp3) is 0.944. The molecule has 0 aromatic heterocycles. The van der Waals surface area contributed by atoms with E-state index in [0.29, 0.717) is 17.5 Å². The highest BCUT2D eigenvalue weighted by atomic mass is 15.3. The van der Waals surface area contributed by atoms with Gasteiger partial charge < -0.3 is 15.5 Å². The molecule has 3 aliphatic rings. The van der Waals surface area contributed by atoms with Crippen LogP contribution in [-0.4, -0.2) is 74.2 Å². The van der Waals surface area contributed by atoms with Crippen LogP contribution in [-0.2, 0) is 0 Å². The third-order valence-electron chi connectivity index (χ3n) is 6.32. The van der Waals surface area contributed by atoms with Gasteiger partial charge in [0.1, 0.15) is 0 Å². The van der Waals surface area contributed by atoms with Crippen molar-refractivity contribution in [2.45, 2.75) is 63.1 Å². The van der Waals surface area contributed by atoms with Gasteiger partial charge >= 0.3 is 0 Å². The van der Waals surface area contributed by atoms with Crippen LogP contribution in [0.25, 0.3) is 0 Å². The molecule has 5 nitrogen and oxygen atoms in total. The number of likely N-dealkylation sites (tertiary alicyclic amines) is 1. The summed E-state index contributed by atoms with van der Waals surface area (Å²) in [4.78, 5) is 9.55. The van der Waals surface area contributed by atoms with E-state index in [1.54, 1.807) is 0 Å². The Bertz CT molecular complexity index is 423. The minimum atomic E-state index is 0.305. The lowest BCUT2D eigenvalue weighted by Crippen LogP contribution is -2.54. The van der Waals surface area contributed by atoms with E-state index in [1.165, 1.54) is 51.6 Å². The van der Waals surface area contributed by atoms with Crippen LogP contribution < -0.4 is 10.6 Å². The first-order valence-corrected chi connectivity index (χ1v) is 9.43. The van der Waals surface area contributed by atoms with Crippen LogP contribution in [0.2, 0.25) is 0 Å². The Morgan fingerprint density at radius 3 is 2.48 bits per heavy atom. The Balaban J connectivity index is 1.52. The Morgan fingerprint density at radius 2 is 1.91 bits per heavy atom. The zero-order valence-electron chi connectivity index (χ0n) is 15.4. The largest absolute Gasteiger partial charge is 0.355 e. The molecule has 3 rings (SSSR count). The molecule has 0 aromatic rings. The lowest BCUT2D eigenvalue weighted by molar-refractivity contribution is 0.160. The molecule has 0 aromatic carbocycles. The summed E-state index contributed by atoms with van der Waals surface area (Å²) in [7, 11) is 6.33. The summed E-state index contributed by atoms with van der Waals surface area (Å²) in [5.41, 5.74) is 0.305. The fourth-order valence-electron chi connectivity index (χ4n) is 4.36. The van der Waals surface area contributed by atoms with Gasteiger partial charge in [-0.15, -0.1) is 0 Å². The fourth-order valence-corrected chi connectivity index (χ4v) is 4.36. The maximum Gasteiger partial charge on any atom is 0.191 e. The third-order valence-corrected chi connectivity index (χ3v) is 6.32. The quantitative estimate of drug-likeness (QED) is 0.595. The minimum absolute atomic E-state index is 0.305. The first kappa shape index (κ1) is 17.0. The summed E-state index contributed by atoms with van der Waals surface area (Å²) >= 11 is 0. The lowest BCUT2D eigenvalue weighted by atomic mass is 9.96. The predicted molar refractivity (Wildman–Crippen MR) is 96.9 cm³/mol. The second kappa shape index (κ2) is 6.98. The number of guanidine groups is 1. The van der Waals surface area contributed by atoms with Crippen molar-refractivity contribution < 1.29 is 0 Å². The molecule has 1 saturated heterocycles. The molecular weight excluding hydrogens is 286 g/mol. The van der Waals surface area contributed by atoms with Gasteiger partial charge in [-0.05, 0) is 45.7 Å². The third kappa shape index (κ3) is 3.82. The molecule has 0 amide bonds. The van der Waals surface area contributed by atoms with Crippen LogP contribution >= 0.6 is 0 Å². The maximum absolute atomic E-state index is 4.48. The molecule has 5 heteroatoms. The van der Waals surface area contributed by atoms with Crippen molar-refractivity contribution in [2.24, 2.45) is 10.9 Å².